The summed E-state index contributed by atoms with van der Waals surface area (Å²) in [5, 5.41) is 3.11. The Labute approximate surface area is 149 Å². The van der Waals surface area contributed by atoms with Crippen molar-refractivity contribution < 1.29 is 9.47 Å². The number of nitrogens with zero attached hydrogens (tertiary/aromatic N) is 1. The van der Waals surface area contributed by atoms with Crippen molar-refractivity contribution in [2.24, 2.45) is 22.1 Å². The van der Waals surface area contributed by atoms with Crippen LogP contribution in [0.2, 0.25) is 0 Å². The van der Waals surface area contributed by atoms with E-state index in [1.54, 1.807) is 14.2 Å². The molecule has 0 aliphatic heterocycles. The van der Waals surface area contributed by atoms with Crippen molar-refractivity contribution >= 4 is 35.6 Å². The van der Waals surface area contributed by atoms with Crippen molar-refractivity contribution in [3.63, 3.8) is 0 Å². The van der Waals surface area contributed by atoms with Gasteiger partial charge in [0.1, 0.15) is 5.75 Å². The van der Waals surface area contributed by atoms with Crippen LogP contribution in [0.1, 0.15) is 20.8 Å². The first-order valence-corrected chi connectivity index (χ1v) is 7.17. The van der Waals surface area contributed by atoms with Crippen LogP contribution in [0.3, 0.4) is 0 Å². The number of methoxy groups -OCH3 is 2. The third-order valence-corrected chi connectivity index (χ3v) is 4.37. The van der Waals surface area contributed by atoms with Gasteiger partial charge in [0, 0.05) is 24.1 Å². The molecule has 1 saturated carbocycles. The van der Waals surface area contributed by atoms with Crippen molar-refractivity contribution in [2.45, 2.75) is 32.9 Å². The minimum atomic E-state index is 0. The third-order valence-electron chi connectivity index (χ3n) is 4.37. The average Bonchev–Trinajstić information content (AvgIpc) is 2.46. The summed E-state index contributed by atoms with van der Waals surface area (Å²) < 4.78 is 10.7. The molecular formula is C16H26IN3O2. The number of aliphatic imine (C=N–C) groups is 1. The van der Waals surface area contributed by atoms with Crippen LogP contribution >= 0.6 is 24.0 Å². The number of hydrogen-bond acceptors (Lipinski definition) is 3. The van der Waals surface area contributed by atoms with Crippen molar-refractivity contribution in [1.29, 1.82) is 0 Å². The molecular weight excluding hydrogens is 393 g/mol. The van der Waals surface area contributed by atoms with Gasteiger partial charge in [-0.05, 0) is 24.3 Å². The summed E-state index contributed by atoms with van der Waals surface area (Å²) in [6, 6.07) is 7.75. The van der Waals surface area contributed by atoms with Crippen LogP contribution in [0.4, 0.5) is 5.69 Å². The summed E-state index contributed by atoms with van der Waals surface area (Å²) in [6.07, 6.45) is 0.222. The van der Waals surface area contributed by atoms with Crippen molar-refractivity contribution in [3.8, 4) is 5.75 Å². The molecule has 1 aromatic carbocycles. The number of nitrogens with one attached hydrogen (secondary N) is 1. The summed E-state index contributed by atoms with van der Waals surface area (Å²) in [5.74, 6) is 1.61. The summed E-state index contributed by atoms with van der Waals surface area (Å²) in [4.78, 5) is 4.62. The Morgan fingerprint density at radius 2 is 1.82 bits per heavy atom. The molecule has 1 fully saturated rings. The second kappa shape index (κ2) is 7.50. The summed E-state index contributed by atoms with van der Waals surface area (Å²) in [5.41, 5.74) is 6.92. The van der Waals surface area contributed by atoms with Gasteiger partial charge in [0.2, 0.25) is 0 Å². The molecule has 0 heterocycles. The van der Waals surface area contributed by atoms with E-state index in [2.05, 4.69) is 31.1 Å². The zero-order valence-electron chi connectivity index (χ0n) is 13.8. The van der Waals surface area contributed by atoms with Crippen LogP contribution in [0.25, 0.3) is 0 Å². The van der Waals surface area contributed by atoms with Crippen LogP contribution in [0.15, 0.2) is 29.3 Å². The molecule has 0 aromatic heterocycles. The molecule has 5 nitrogen and oxygen atoms in total. The van der Waals surface area contributed by atoms with E-state index in [1.165, 1.54) is 0 Å². The molecule has 0 spiro atoms. The topological polar surface area (TPSA) is 68.9 Å². The van der Waals surface area contributed by atoms with E-state index < -0.39 is 0 Å². The Hall–Kier alpha value is -1.02. The van der Waals surface area contributed by atoms with E-state index in [0.717, 1.165) is 11.4 Å². The fourth-order valence-electron chi connectivity index (χ4n) is 3.38. The van der Waals surface area contributed by atoms with Crippen LogP contribution in [-0.2, 0) is 4.74 Å². The van der Waals surface area contributed by atoms with Gasteiger partial charge < -0.3 is 20.5 Å². The van der Waals surface area contributed by atoms with E-state index >= 15 is 0 Å². The fourth-order valence-corrected chi connectivity index (χ4v) is 3.38. The monoisotopic (exact) mass is 419 g/mol. The summed E-state index contributed by atoms with van der Waals surface area (Å²) >= 11 is 0. The lowest BCUT2D eigenvalue weighted by Crippen LogP contribution is -2.61. The minimum absolute atomic E-state index is 0. The van der Waals surface area contributed by atoms with Gasteiger partial charge in [0.05, 0.1) is 19.3 Å². The van der Waals surface area contributed by atoms with Gasteiger partial charge in [-0.25, -0.2) is 4.99 Å². The molecule has 124 valence electrons. The number of rotatable bonds is 4. The lowest BCUT2D eigenvalue weighted by Gasteiger charge is -2.54. The standard InChI is InChI=1S/C16H25N3O2.HI/c1-10-13(16(2,3)14(10)21-5)19-15(17)18-11-6-8-12(20-4)9-7-11;/h6-10,13-14H,1-5H3,(H3,17,18,19);1H. The molecule has 2 rings (SSSR count). The number of benzene rings is 1. The number of ether oxygens (including phenoxy) is 2. The zero-order chi connectivity index (χ0) is 15.6. The highest BCUT2D eigenvalue weighted by Gasteiger charge is 2.54. The number of anilines is 1. The van der Waals surface area contributed by atoms with Crippen LogP contribution in [0.5, 0.6) is 5.75 Å². The Morgan fingerprint density at radius 3 is 2.27 bits per heavy atom. The Morgan fingerprint density at radius 1 is 1.23 bits per heavy atom. The summed E-state index contributed by atoms with van der Waals surface area (Å²) in [6.45, 7) is 6.47. The van der Waals surface area contributed by atoms with Crippen LogP contribution < -0.4 is 15.8 Å². The molecule has 0 radical (unpaired) electrons. The van der Waals surface area contributed by atoms with E-state index in [-0.39, 0.29) is 41.5 Å². The molecule has 1 aliphatic rings. The molecule has 0 amide bonds. The van der Waals surface area contributed by atoms with Gasteiger partial charge in [-0.2, -0.15) is 0 Å². The van der Waals surface area contributed by atoms with Gasteiger partial charge in [-0.15, -0.1) is 24.0 Å². The van der Waals surface area contributed by atoms with E-state index in [1.807, 2.05) is 24.3 Å². The smallest absolute Gasteiger partial charge is 0.193 e. The molecule has 3 N–H and O–H groups in total. The largest absolute Gasteiger partial charge is 0.497 e. The van der Waals surface area contributed by atoms with Gasteiger partial charge in [0.25, 0.3) is 0 Å². The lowest BCUT2D eigenvalue weighted by atomic mass is 9.58. The highest BCUT2D eigenvalue weighted by molar-refractivity contribution is 14.0. The Bertz CT molecular complexity index is 517. The predicted octanol–water partition coefficient (Wildman–Crippen LogP) is 3.10. The van der Waals surface area contributed by atoms with E-state index in [0.29, 0.717) is 11.9 Å². The van der Waals surface area contributed by atoms with Gasteiger partial charge in [-0.1, -0.05) is 20.8 Å². The van der Waals surface area contributed by atoms with Crippen molar-refractivity contribution in [3.05, 3.63) is 24.3 Å². The van der Waals surface area contributed by atoms with Crippen molar-refractivity contribution in [2.75, 3.05) is 19.5 Å². The van der Waals surface area contributed by atoms with Gasteiger partial charge in [0.15, 0.2) is 5.96 Å². The first kappa shape index (κ1) is 19.0. The number of hydrogen-bond donors (Lipinski definition) is 2. The molecule has 6 heteroatoms. The van der Waals surface area contributed by atoms with Crippen molar-refractivity contribution in [1.82, 2.24) is 0 Å². The van der Waals surface area contributed by atoms with Gasteiger partial charge in [-0.3, -0.25) is 0 Å². The first-order valence-electron chi connectivity index (χ1n) is 7.17. The average molecular weight is 419 g/mol. The maximum absolute atomic E-state index is 6.02. The first-order chi connectivity index (χ1) is 9.90. The zero-order valence-corrected chi connectivity index (χ0v) is 16.1. The number of halogens is 1. The molecule has 1 aromatic rings. The Balaban J connectivity index is 0.00000242. The van der Waals surface area contributed by atoms with E-state index in [4.69, 9.17) is 15.2 Å². The molecule has 0 bridgehead atoms. The second-order valence-corrected chi connectivity index (χ2v) is 6.15. The van der Waals surface area contributed by atoms with Crippen LogP contribution in [0, 0.1) is 11.3 Å². The number of nitrogens with two attached hydrogens (primary N) is 1. The Kier molecular flexibility index (Phi) is 6.49. The lowest BCUT2D eigenvalue weighted by molar-refractivity contribution is -0.132. The maximum atomic E-state index is 6.02. The SMILES string of the molecule is COc1ccc(NC(N)=NC2C(C)C(OC)C2(C)C)cc1.I. The molecule has 0 saturated heterocycles. The normalized spacial score (nSPS) is 26.6. The number of guanidine groups is 1. The highest BCUT2D eigenvalue weighted by Crippen LogP contribution is 2.48. The molecule has 1 aliphatic carbocycles. The van der Waals surface area contributed by atoms with Crippen LogP contribution in [-0.4, -0.2) is 32.3 Å². The quantitative estimate of drug-likeness (QED) is 0.447. The van der Waals surface area contributed by atoms with Gasteiger partial charge >= 0.3 is 0 Å². The van der Waals surface area contributed by atoms with E-state index in [9.17, 15) is 0 Å². The molecule has 3 atom stereocenters. The predicted molar refractivity (Wildman–Crippen MR) is 101 cm³/mol. The third kappa shape index (κ3) is 3.65. The highest BCUT2D eigenvalue weighted by atomic mass is 127. The fraction of sp³-hybridized carbons (Fsp3) is 0.562. The second-order valence-electron chi connectivity index (χ2n) is 6.15. The molecule has 3 unspecified atom stereocenters. The summed E-state index contributed by atoms with van der Waals surface area (Å²) in [7, 11) is 3.40. The maximum Gasteiger partial charge on any atom is 0.193 e. The molecule has 22 heavy (non-hydrogen) atoms. The minimum Gasteiger partial charge on any atom is -0.497 e.